The van der Waals surface area contributed by atoms with E-state index in [9.17, 15) is 14.4 Å². The number of aryl methyl sites for hydroxylation is 2. The fourth-order valence-corrected chi connectivity index (χ4v) is 3.36. The quantitative estimate of drug-likeness (QED) is 0.811. The zero-order chi connectivity index (χ0) is 18.8. The highest BCUT2D eigenvalue weighted by atomic mass is 32.1. The zero-order valence-corrected chi connectivity index (χ0v) is 15.5. The van der Waals surface area contributed by atoms with E-state index in [0.29, 0.717) is 10.8 Å². The van der Waals surface area contributed by atoms with Crippen molar-refractivity contribution in [2.45, 2.75) is 33.2 Å². The van der Waals surface area contributed by atoms with Crippen LogP contribution in [0.25, 0.3) is 0 Å². The number of amides is 4. The largest absolute Gasteiger partial charge is 0.332 e. The van der Waals surface area contributed by atoms with Crippen LogP contribution in [0.15, 0.2) is 24.3 Å². The maximum Gasteiger partial charge on any atom is 0.332 e. The predicted molar refractivity (Wildman–Crippen MR) is 98.1 cm³/mol. The third kappa shape index (κ3) is 3.43. The summed E-state index contributed by atoms with van der Waals surface area (Å²) in [6.45, 7) is 5.18. The molecule has 1 fully saturated rings. The molecule has 0 radical (unpaired) electrons. The van der Waals surface area contributed by atoms with Crippen molar-refractivity contribution in [2.75, 3.05) is 16.8 Å². The Hall–Kier alpha value is -2.81. The van der Waals surface area contributed by atoms with E-state index in [-0.39, 0.29) is 6.54 Å². The van der Waals surface area contributed by atoms with E-state index in [4.69, 9.17) is 0 Å². The van der Waals surface area contributed by atoms with Crippen molar-refractivity contribution in [1.29, 1.82) is 0 Å². The van der Waals surface area contributed by atoms with Gasteiger partial charge in [0, 0.05) is 5.69 Å². The highest BCUT2D eigenvalue weighted by Gasteiger charge is 2.44. The molecule has 136 valence electrons. The van der Waals surface area contributed by atoms with Crippen molar-refractivity contribution in [3.63, 3.8) is 0 Å². The number of benzene rings is 1. The van der Waals surface area contributed by atoms with Gasteiger partial charge in [-0.2, -0.15) is 0 Å². The second kappa shape index (κ2) is 7.20. The van der Waals surface area contributed by atoms with Crippen LogP contribution in [0.4, 0.5) is 15.6 Å². The number of aromatic nitrogens is 2. The van der Waals surface area contributed by atoms with Crippen molar-refractivity contribution < 1.29 is 14.4 Å². The molecule has 1 aromatic heterocycles. The summed E-state index contributed by atoms with van der Waals surface area (Å²) in [7, 11) is 0. The maximum absolute atomic E-state index is 12.7. The molecule has 1 aliphatic rings. The molecule has 4 amide bonds. The molecule has 0 bridgehead atoms. The van der Waals surface area contributed by atoms with Crippen molar-refractivity contribution in [1.82, 2.24) is 15.1 Å². The minimum absolute atomic E-state index is 0.356. The van der Waals surface area contributed by atoms with Gasteiger partial charge in [-0.05, 0) is 32.4 Å². The first-order valence-electron chi connectivity index (χ1n) is 8.24. The van der Waals surface area contributed by atoms with Gasteiger partial charge in [0.2, 0.25) is 11.0 Å². The van der Waals surface area contributed by atoms with Gasteiger partial charge in [-0.15, -0.1) is 10.2 Å². The molecule has 1 atom stereocenters. The number of nitrogens with zero attached hydrogens (tertiary/aromatic N) is 4. The normalized spacial score (nSPS) is 17.1. The minimum Gasteiger partial charge on any atom is -0.299 e. The van der Waals surface area contributed by atoms with E-state index in [0.717, 1.165) is 21.9 Å². The van der Waals surface area contributed by atoms with Gasteiger partial charge in [-0.1, -0.05) is 36.0 Å². The van der Waals surface area contributed by atoms with Crippen LogP contribution in [0.2, 0.25) is 0 Å². The first-order chi connectivity index (χ1) is 12.4. The molecular weight excluding hydrogens is 354 g/mol. The molecule has 1 N–H and O–H groups in total. The molecule has 1 aliphatic heterocycles. The molecule has 3 rings (SSSR count). The third-order valence-electron chi connectivity index (χ3n) is 4.08. The average Bonchev–Trinajstić information content (AvgIpc) is 3.15. The average molecular weight is 373 g/mol. The lowest BCUT2D eigenvalue weighted by atomic mass is 10.2. The molecule has 8 nitrogen and oxygen atoms in total. The van der Waals surface area contributed by atoms with E-state index in [1.807, 2.05) is 26.0 Å². The Balaban J connectivity index is 1.71. The third-order valence-corrected chi connectivity index (χ3v) is 5.06. The lowest BCUT2D eigenvalue weighted by Gasteiger charge is -2.19. The van der Waals surface area contributed by atoms with Gasteiger partial charge in [0.1, 0.15) is 17.6 Å². The number of anilines is 2. The molecule has 0 unspecified atom stereocenters. The summed E-state index contributed by atoms with van der Waals surface area (Å²) in [5.41, 5.74) is 1.68. The van der Waals surface area contributed by atoms with Crippen LogP contribution in [0.3, 0.4) is 0 Å². The Bertz CT molecular complexity index is 848. The number of carbonyl (C=O) groups is 3. The van der Waals surface area contributed by atoms with Crippen molar-refractivity contribution >= 4 is 40.0 Å². The summed E-state index contributed by atoms with van der Waals surface area (Å²) in [4.78, 5) is 39.7. The molecule has 0 saturated carbocycles. The smallest absolute Gasteiger partial charge is 0.299 e. The SMILES string of the molecule is CCc1nnc(NC(=O)CN2C(=O)[C@H](C)N(c3ccc(C)cc3)C2=O)s1. The summed E-state index contributed by atoms with van der Waals surface area (Å²) < 4.78 is 0. The Morgan fingerprint density at radius 2 is 1.92 bits per heavy atom. The topological polar surface area (TPSA) is 95.5 Å². The van der Waals surface area contributed by atoms with Gasteiger partial charge in [0.25, 0.3) is 5.91 Å². The number of rotatable bonds is 5. The van der Waals surface area contributed by atoms with Crippen molar-refractivity contribution in [3.05, 3.63) is 34.8 Å². The van der Waals surface area contributed by atoms with E-state index in [1.165, 1.54) is 16.2 Å². The number of carbonyl (C=O) groups excluding carboxylic acids is 3. The van der Waals surface area contributed by atoms with Gasteiger partial charge in [0.05, 0.1) is 0 Å². The van der Waals surface area contributed by atoms with Crippen LogP contribution in [-0.4, -0.2) is 45.5 Å². The standard InChI is InChI=1S/C17H19N5O3S/c1-4-14-19-20-16(26-14)18-13(23)9-21-15(24)11(3)22(17(21)25)12-7-5-10(2)6-8-12/h5-8,11H,4,9H2,1-3H3,(H,18,20,23)/t11-/m0/s1. The van der Waals surface area contributed by atoms with E-state index in [1.54, 1.807) is 19.1 Å². The zero-order valence-electron chi connectivity index (χ0n) is 14.7. The van der Waals surface area contributed by atoms with Gasteiger partial charge < -0.3 is 0 Å². The van der Waals surface area contributed by atoms with Gasteiger partial charge in [0.15, 0.2) is 0 Å². The van der Waals surface area contributed by atoms with Gasteiger partial charge >= 0.3 is 6.03 Å². The lowest BCUT2D eigenvalue weighted by molar-refractivity contribution is -0.130. The van der Waals surface area contributed by atoms with Crippen molar-refractivity contribution in [2.24, 2.45) is 0 Å². The molecule has 9 heteroatoms. The van der Waals surface area contributed by atoms with Crippen LogP contribution in [0.5, 0.6) is 0 Å². The van der Waals surface area contributed by atoms with Crippen LogP contribution in [-0.2, 0) is 16.0 Å². The number of urea groups is 1. The van der Waals surface area contributed by atoms with Crippen molar-refractivity contribution in [3.8, 4) is 0 Å². The second-order valence-electron chi connectivity index (χ2n) is 5.99. The predicted octanol–water partition coefficient (Wildman–Crippen LogP) is 2.20. The Kier molecular flexibility index (Phi) is 4.99. The molecule has 2 aromatic rings. The lowest BCUT2D eigenvalue weighted by Crippen LogP contribution is -2.39. The number of hydrogen-bond donors (Lipinski definition) is 1. The number of imide groups is 1. The highest BCUT2D eigenvalue weighted by Crippen LogP contribution is 2.26. The molecule has 26 heavy (non-hydrogen) atoms. The fourth-order valence-electron chi connectivity index (χ4n) is 2.66. The van der Waals surface area contributed by atoms with E-state index in [2.05, 4.69) is 15.5 Å². The monoisotopic (exact) mass is 373 g/mol. The molecule has 2 heterocycles. The Morgan fingerprint density at radius 3 is 2.54 bits per heavy atom. The first-order valence-corrected chi connectivity index (χ1v) is 9.05. The van der Waals surface area contributed by atoms with Crippen LogP contribution in [0, 0.1) is 6.92 Å². The second-order valence-corrected chi connectivity index (χ2v) is 7.05. The Morgan fingerprint density at radius 1 is 1.23 bits per heavy atom. The molecule has 1 saturated heterocycles. The highest BCUT2D eigenvalue weighted by molar-refractivity contribution is 7.15. The molecular formula is C17H19N5O3S. The van der Waals surface area contributed by atoms with Crippen LogP contribution < -0.4 is 10.2 Å². The summed E-state index contributed by atoms with van der Waals surface area (Å²) in [5, 5.41) is 11.5. The summed E-state index contributed by atoms with van der Waals surface area (Å²) in [6, 6.07) is 6.15. The summed E-state index contributed by atoms with van der Waals surface area (Å²) in [6.07, 6.45) is 0.722. The number of hydrogen-bond acceptors (Lipinski definition) is 6. The fraction of sp³-hybridized carbons (Fsp3) is 0.353. The van der Waals surface area contributed by atoms with E-state index >= 15 is 0 Å². The summed E-state index contributed by atoms with van der Waals surface area (Å²) in [5.74, 6) is -0.888. The van der Waals surface area contributed by atoms with Crippen LogP contribution in [0.1, 0.15) is 24.4 Å². The van der Waals surface area contributed by atoms with Crippen LogP contribution >= 0.6 is 11.3 Å². The van der Waals surface area contributed by atoms with Gasteiger partial charge in [-0.3, -0.25) is 24.7 Å². The Labute approximate surface area is 154 Å². The molecule has 0 spiro atoms. The summed E-state index contributed by atoms with van der Waals surface area (Å²) >= 11 is 1.27. The number of nitrogens with one attached hydrogen (secondary N) is 1. The molecule has 0 aliphatic carbocycles. The van der Waals surface area contributed by atoms with E-state index < -0.39 is 23.9 Å². The van der Waals surface area contributed by atoms with Gasteiger partial charge in [-0.25, -0.2) is 4.79 Å². The molecule has 1 aromatic carbocycles. The minimum atomic E-state index is -0.661. The maximum atomic E-state index is 12.7. The first kappa shape index (κ1) is 18.0.